The molecule has 0 aliphatic carbocycles. The first-order valence-electron chi connectivity index (χ1n) is 13.2. The Kier molecular flexibility index (Phi) is 6.67. The van der Waals surface area contributed by atoms with Gasteiger partial charge in [-0.15, -0.1) is 10.2 Å². The lowest BCUT2D eigenvalue weighted by atomic mass is 10.0. The highest BCUT2D eigenvalue weighted by Crippen LogP contribution is 2.39. The number of phenolic OH excluding ortho intramolecular Hbond substituents is 1. The average molecular weight is 526 g/mol. The second-order valence-electron chi connectivity index (χ2n) is 10.2. The Labute approximate surface area is 227 Å². The molecule has 3 atom stereocenters. The lowest BCUT2D eigenvalue weighted by Gasteiger charge is -2.43. The van der Waals surface area contributed by atoms with Crippen molar-refractivity contribution in [1.29, 1.82) is 0 Å². The highest BCUT2D eigenvalue weighted by Gasteiger charge is 2.41. The van der Waals surface area contributed by atoms with Gasteiger partial charge in [-0.3, -0.25) is 9.69 Å². The number of ether oxygens (including phenoxy) is 1. The van der Waals surface area contributed by atoms with Crippen LogP contribution in [0.15, 0.2) is 48.7 Å². The van der Waals surface area contributed by atoms with Gasteiger partial charge in [0.05, 0.1) is 25.0 Å². The van der Waals surface area contributed by atoms with Crippen LogP contribution in [0.25, 0.3) is 11.3 Å². The van der Waals surface area contributed by atoms with E-state index in [1.54, 1.807) is 12.1 Å². The van der Waals surface area contributed by atoms with Crippen molar-refractivity contribution in [1.82, 2.24) is 20.1 Å². The predicted molar refractivity (Wildman–Crippen MR) is 148 cm³/mol. The molecule has 39 heavy (non-hydrogen) atoms. The summed E-state index contributed by atoms with van der Waals surface area (Å²) in [6, 6.07) is 13.6. The zero-order valence-corrected chi connectivity index (χ0v) is 21.8. The van der Waals surface area contributed by atoms with Gasteiger partial charge in [0.25, 0.3) is 0 Å². The van der Waals surface area contributed by atoms with E-state index in [0.717, 1.165) is 56.0 Å². The number of phenols is 1. The van der Waals surface area contributed by atoms with Crippen LogP contribution >= 0.6 is 0 Å². The van der Waals surface area contributed by atoms with Gasteiger partial charge in [0, 0.05) is 49.2 Å². The number of esters is 1. The van der Waals surface area contributed by atoms with E-state index in [-0.39, 0.29) is 17.8 Å². The van der Waals surface area contributed by atoms with Crippen LogP contribution in [0.5, 0.6) is 5.75 Å². The van der Waals surface area contributed by atoms with Gasteiger partial charge in [0.1, 0.15) is 17.5 Å². The minimum absolute atomic E-state index is 0.164. The van der Waals surface area contributed by atoms with Gasteiger partial charge >= 0.3 is 5.97 Å². The molecule has 0 spiro atoms. The Balaban J connectivity index is 1.17. The van der Waals surface area contributed by atoms with Crippen molar-refractivity contribution in [3.63, 3.8) is 0 Å². The van der Waals surface area contributed by atoms with Crippen LogP contribution in [0.4, 0.5) is 17.2 Å². The maximum Gasteiger partial charge on any atom is 0.323 e. The number of piperazine rings is 1. The summed E-state index contributed by atoms with van der Waals surface area (Å²) < 4.78 is 4.86. The molecule has 2 aromatic heterocycles. The Morgan fingerprint density at radius 3 is 2.64 bits per heavy atom. The molecular formula is C29H31N7O3. The summed E-state index contributed by atoms with van der Waals surface area (Å²) >= 11 is 0. The maximum atomic E-state index is 11.8. The molecule has 0 saturated carbocycles. The highest BCUT2D eigenvalue weighted by atomic mass is 16.5. The quantitative estimate of drug-likeness (QED) is 0.379. The van der Waals surface area contributed by atoms with Crippen LogP contribution in [-0.4, -0.2) is 82.6 Å². The standard InChI is InChI=1S/C29H31N7O3/c1-39-29(38)25-11-14-34(25)13-4-5-19-15-20(10-12-31-19)36-21-8-9-22(36)18-35(17-21)26-16-24(32-33-28(26)30)23-6-2-3-7-27(23)37/h2-3,6-7,10,12,15-16,21-22,25,37H,8-9,11,13-14,17-18H2,1H3,(H2,30,33). The van der Waals surface area contributed by atoms with Crippen LogP contribution in [0, 0.1) is 11.8 Å². The number of nitrogen functional groups attached to an aromatic ring is 1. The normalized spacial score (nSPS) is 22.1. The van der Waals surface area contributed by atoms with Crippen molar-refractivity contribution in [3.05, 3.63) is 54.4 Å². The van der Waals surface area contributed by atoms with E-state index in [2.05, 4.69) is 42.9 Å². The molecule has 3 unspecified atom stereocenters. The van der Waals surface area contributed by atoms with Crippen molar-refractivity contribution >= 4 is 23.2 Å². The number of anilines is 3. The fourth-order valence-corrected chi connectivity index (χ4v) is 5.90. The monoisotopic (exact) mass is 525 g/mol. The molecule has 3 saturated heterocycles. The number of nitrogens with zero attached hydrogens (tertiary/aromatic N) is 6. The van der Waals surface area contributed by atoms with Gasteiger partial charge in [-0.25, -0.2) is 4.98 Å². The molecule has 10 heteroatoms. The summed E-state index contributed by atoms with van der Waals surface area (Å²) in [6.07, 6.45) is 4.79. The smallest absolute Gasteiger partial charge is 0.323 e. The molecule has 5 heterocycles. The number of aromatic hydroxyl groups is 1. The lowest BCUT2D eigenvalue weighted by Crippen LogP contribution is -2.54. The van der Waals surface area contributed by atoms with Crippen molar-refractivity contribution < 1.29 is 14.6 Å². The molecule has 3 fully saturated rings. The van der Waals surface area contributed by atoms with Crippen molar-refractivity contribution in [2.45, 2.75) is 37.4 Å². The topological polar surface area (TPSA) is 121 Å². The van der Waals surface area contributed by atoms with Gasteiger partial charge in [-0.05, 0) is 55.5 Å². The Morgan fingerprint density at radius 1 is 1.13 bits per heavy atom. The van der Waals surface area contributed by atoms with E-state index < -0.39 is 0 Å². The summed E-state index contributed by atoms with van der Waals surface area (Å²) in [5.74, 6) is 6.70. The lowest BCUT2D eigenvalue weighted by molar-refractivity contribution is -0.151. The SMILES string of the molecule is COC(=O)C1CCN1CC#Cc1cc(N2C3CCC2CN(c2cc(-c4ccccc4O)nnc2N)C3)ccn1. The van der Waals surface area contributed by atoms with Gasteiger partial charge < -0.3 is 25.4 Å². The first-order valence-corrected chi connectivity index (χ1v) is 13.2. The van der Waals surface area contributed by atoms with E-state index in [9.17, 15) is 9.90 Å². The molecular weight excluding hydrogens is 494 g/mol. The number of para-hydroxylation sites is 1. The third-order valence-corrected chi connectivity index (χ3v) is 7.95. The second kappa shape index (κ2) is 10.4. The first-order chi connectivity index (χ1) is 19.0. The van der Waals surface area contributed by atoms with Gasteiger partial charge in [0.15, 0.2) is 5.82 Å². The summed E-state index contributed by atoms with van der Waals surface area (Å²) in [6.45, 7) is 2.97. The highest BCUT2D eigenvalue weighted by molar-refractivity contribution is 5.77. The minimum Gasteiger partial charge on any atom is -0.507 e. The molecule has 3 aromatic rings. The van der Waals surface area contributed by atoms with E-state index in [1.165, 1.54) is 7.11 Å². The number of benzene rings is 1. The van der Waals surface area contributed by atoms with Crippen molar-refractivity contribution in [2.24, 2.45) is 0 Å². The number of pyridine rings is 1. The van der Waals surface area contributed by atoms with Gasteiger partial charge in [-0.1, -0.05) is 18.1 Å². The fourth-order valence-electron chi connectivity index (χ4n) is 5.90. The molecule has 3 N–H and O–H groups in total. The molecule has 200 valence electrons. The number of hydrogen-bond acceptors (Lipinski definition) is 10. The van der Waals surface area contributed by atoms with E-state index in [4.69, 9.17) is 10.5 Å². The molecule has 3 aliphatic rings. The molecule has 0 amide bonds. The summed E-state index contributed by atoms with van der Waals surface area (Å²) in [5.41, 5.74) is 10.2. The number of carbonyl (C=O) groups excluding carboxylic acids is 1. The van der Waals surface area contributed by atoms with Crippen molar-refractivity contribution in [3.8, 4) is 28.8 Å². The number of aromatic nitrogens is 3. The van der Waals surface area contributed by atoms with Crippen LogP contribution < -0.4 is 15.5 Å². The molecule has 3 aliphatic heterocycles. The first kappa shape index (κ1) is 24.9. The van der Waals surface area contributed by atoms with Crippen LogP contribution in [0.1, 0.15) is 25.0 Å². The average Bonchev–Trinajstić information content (AvgIpc) is 3.20. The number of carbonyl (C=O) groups is 1. The van der Waals surface area contributed by atoms with E-state index in [0.29, 0.717) is 35.7 Å². The Bertz CT molecular complexity index is 1440. The fraction of sp³-hybridized carbons (Fsp3) is 0.379. The second-order valence-corrected chi connectivity index (χ2v) is 10.2. The zero-order chi connectivity index (χ0) is 26.9. The maximum absolute atomic E-state index is 11.8. The number of rotatable bonds is 5. The van der Waals surface area contributed by atoms with Crippen molar-refractivity contribution in [2.75, 3.05) is 48.8 Å². The van der Waals surface area contributed by atoms with Crippen LogP contribution in [0.3, 0.4) is 0 Å². The number of nitrogens with two attached hydrogens (primary N) is 1. The van der Waals surface area contributed by atoms with E-state index >= 15 is 0 Å². The molecule has 6 rings (SSSR count). The Morgan fingerprint density at radius 2 is 1.92 bits per heavy atom. The number of methoxy groups -OCH3 is 1. The van der Waals surface area contributed by atoms with Crippen LogP contribution in [-0.2, 0) is 9.53 Å². The van der Waals surface area contributed by atoms with E-state index in [1.807, 2.05) is 35.4 Å². The summed E-state index contributed by atoms with van der Waals surface area (Å²) in [5, 5.41) is 18.7. The third kappa shape index (κ3) is 4.81. The third-order valence-electron chi connectivity index (χ3n) is 7.95. The number of likely N-dealkylation sites (tertiary alicyclic amines) is 1. The molecule has 0 radical (unpaired) electrons. The summed E-state index contributed by atoms with van der Waals surface area (Å²) in [7, 11) is 1.42. The number of fused-ring (bicyclic) bond motifs is 2. The largest absolute Gasteiger partial charge is 0.507 e. The Hall–Kier alpha value is -4.36. The molecule has 1 aromatic carbocycles. The zero-order valence-electron chi connectivity index (χ0n) is 21.8. The molecule has 10 nitrogen and oxygen atoms in total. The van der Waals surface area contributed by atoms with Gasteiger partial charge in [-0.2, -0.15) is 0 Å². The van der Waals surface area contributed by atoms with Crippen LogP contribution in [0.2, 0.25) is 0 Å². The van der Waals surface area contributed by atoms with Gasteiger partial charge in [0.2, 0.25) is 0 Å². The predicted octanol–water partition coefficient (Wildman–Crippen LogP) is 2.28. The minimum atomic E-state index is -0.198. The summed E-state index contributed by atoms with van der Waals surface area (Å²) in [4.78, 5) is 23.1. The molecule has 2 bridgehead atoms. The number of hydrogen-bond donors (Lipinski definition) is 2.